The Morgan fingerprint density at radius 3 is 2.43 bits per heavy atom. The fourth-order valence-corrected chi connectivity index (χ4v) is 3.50. The van der Waals surface area contributed by atoms with Crippen molar-refractivity contribution < 1.29 is 4.79 Å². The zero-order chi connectivity index (χ0) is 19.7. The summed E-state index contributed by atoms with van der Waals surface area (Å²) in [5, 5.41) is 4.37. The lowest BCUT2D eigenvalue weighted by Crippen LogP contribution is -2.13. The first-order valence-electron chi connectivity index (χ1n) is 8.75. The molecule has 0 saturated carbocycles. The van der Waals surface area contributed by atoms with E-state index >= 15 is 0 Å². The van der Waals surface area contributed by atoms with Crippen molar-refractivity contribution in [1.29, 1.82) is 0 Å². The SMILES string of the molecule is Cc1c(Cl)ccc2c(C(=O)Nc3ccc(Br)cc3)cc(-c3ccccc3)nc12. The fourth-order valence-electron chi connectivity index (χ4n) is 3.08. The Kier molecular flexibility index (Phi) is 5.16. The van der Waals surface area contributed by atoms with Gasteiger partial charge in [0.15, 0.2) is 0 Å². The number of halogens is 2. The van der Waals surface area contributed by atoms with E-state index in [1.807, 2.05) is 73.7 Å². The van der Waals surface area contributed by atoms with E-state index in [9.17, 15) is 4.79 Å². The number of pyridine rings is 1. The van der Waals surface area contributed by atoms with Crippen LogP contribution >= 0.6 is 27.5 Å². The van der Waals surface area contributed by atoms with Crippen molar-refractivity contribution >= 4 is 50.0 Å². The van der Waals surface area contributed by atoms with Gasteiger partial charge >= 0.3 is 0 Å². The lowest BCUT2D eigenvalue weighted by molar-refractivity contribution is 0.102. The number of hydrogen-bond acceptors (Lipinski definition) is 2. The smallest absolute Gasteiger partial charge is 0.256 e. The van der Waals surface area contributed by atoms with Crippen LogP contribution in [-0.2, 0) is 0 Å². The molecule has 1 amide bonds. The molecule has 3 aromatic carbocycles. The summed E-state index contributed by atoms with van der Waals surface area (Å²) in [4.78, 5) is 17.9. The Morgan fingerprint density at radius 2 is 1.71 bits per heavy atom. The molecule has 0 bridgehead atoms. The van der Waals surface area contributed by atoms with E-state index in [-0.39, 0.29) is 5.91 Å². The van der Waals surface area contributed by atoms with Gasteiger partial charge in [0.2, 0.25) is 0 Å². The number of anilines is 1. The molecule has 5 heteroatoms. The molecule has 0 spiro atoms. The number of aromatic nitrogens is 1. The third kappa shape index (κ3) is 3.66. The average Bonchev–Trinajstić information content (AvgIpc) is 2.72. The zero-order valence-corrected chi connectivity index (χ0v) is 17.4. The summed E-state index contributed by atoms with van der Waals surface area (Å²) in [6, 6.07) is 22.8. The highest BCUT2D eigenvalue weighted by Gasteiger charge is 2.16. The summed E-state index contributed by atoms with van der Waals surface area (Å²) < 4.78 is 0.955. The summed E-state index contributed by atoms with van der Waals surface area (Å²) >= 11 is 9.72. The summed E-state index contributed by atoms with van der Waals surface area (Å²) in [6.45, 7) is 1.92. The molecule has 0 aliphatic heterocycles. The molecule has 28 heavy (non-hydrogen) atoms. The third-order valence-corrected chi connectivity index (χ3v) is 5.52. The van der Waals surface area contributed by atoms with Gasteiger partial charge in [0.05, 0.1) is 16.8 Å². The first-order valence-corrected chi connectivity index (χ1v) is 9.92. The molecule has 0 atom stereocenters. The normalized spacial score (nSPS) is 10.8. The lowest BCUT2D eigenvalue weighted by Gasteiger charge is -2.13. The van der Waals surface area contributed by atoms with Crippen LogP contribution in [0.3, 0.4) is 0 Å². The van der Waals surface area contributed by atoms with Gasteiger partial charge in [-0.25, -0.2) is 4.98 Å². The number of benzene rings is 3. The average molecular weight is 452 g/mol. The van der Waals surface area contributed by atoms with E-state index in [0.717, 1.165) is 37.9 Å². The Bertz CT molecular complexity index is 1170. The number of nitrogens with one attached hydrogen (secondary N) is 1. The maximum absolute atomic E-state index is 13.1. The van der Waals surface area contributed by atoms with E-state index in [1.54, 1.807) is 6.07 Å². The van der Waals surface area contributed by atoms with Crippen molar-refractivity contribution in [2.45, 2.75) is 6.92 Å². The van der Waals surface area contributed by atoms with Crippen LogP contribution < -0.4 is 5.32 Å². The highest BCUT2D eigenvalue weighted by Crippen LogP contribution is 2.30. The quantitative estimate of drug-likeness (QED) is 0.369. The van der Waals surface area contributed by atoms with Crippen LogP contribution in [0.5, 0.6) is 0 Å². The van der Waals surface area contributed by atoms with Crippen molar-refractivity contribution in [1.82, 2.24) is 4.98 Å². The number of nitrogens with zero attached hydrogens (tertiary/aromatic N) is 1. The minimum atomic E-state index is -0.186. The molecular formula is C23H16BrClN2O. The fraction of sp³-hybridized carbons (Fsp3) is 0.0435. The predicted molar refractivity (Wildman–Crippen MR) is 119 cm³/mol. The summed E-state index contributed by atoms with van der Waals surface area (Å²) in [5.74, 6) is -0.186. The second-order valence-electron chi connectivity index (χ2n) is 6.45. The standard InChI is InChI=1S/C23H16BrClN2O/c1-14-20(25)12-11-18-19(23(28)26-17-9-7-16(24)8-10-17)13-21(27-22(14)18)15-5-3-2-4-6-15/h2-13H,1H3,(H,26,28). The number of aryl methyl sites for hydroxylation is 1. The summed E-state index contributed by atoms with van der Waals surface area (Å²) in [6.07, 6.45) is 0. The van der Waals surface area contributed by atoms with Gasteiger partial charge in [0.25, 0.3) is 5.91 Å². The Labute approximate surface area is 176 Å². The highest BCUT2D eigenvalue weighted by atomic mass is 79.9. The van der Waals surface area contributed by atoms with Gasteiger partial charge in [0, 0.05) is 26.1 Å². The van der Waals surface area contributed by atoms with Crippen LogP contribution in [0.15, 0.2) is 77.3 Å². The van der Waals surface area contributed by atoms with E-state index in [0.29, 0.717) is 10.6 Å². The number of carbonyl (C=O) groups excluding carboxylic acids is 1. The second kappa shape index (κ2) is 7.74. The van der Waals surface area contributed by atoms with Gasteiger partial charge < -0.3 is 5.32 Å². The molecule has 4 rings (SSSR count). The van der Waals surface area contributed by atoms with Crippen LogP contribution in [0.4, 0.5) is 5.69 Å². The molecule has 0 radical (unpaired) electrons. The van der Waals surface area contributed by atoms with Gasteiger partial charge in [0.1, 0.15) is 0 Å². The number of carbonyl (C=O) groups is 1. The van der Waals surface area contributed by atoms with Crippen LogP contribution in [0.25, 0.3) is 22.2 Å². The molecule has 0 aliphatic carbocycles. The predicted octanol–water partition coefficient (Wildman–Crippen LogP) is 6.88. The van der Waals surface area contributed by atoms with Crippen LogP contribution in [0.2, 0.25) is 5.02 Å². The molecule has 1 heterocycles. The number of amides is 1. The topological polar surface area (TPSA) is 42.0 Å². The molecular weight excluding hydrogens is 436 g/mol. The van der Waals surface area contributed by atoms with Crippen molar-refractivity contribution in [3.8, 4) is 11.3 Å². The molecule has 0 fully saturated rings. The minimum absolute atomic E-state index is 0.186. The molecule has 0 unspecified atom stereocenters. The monoisotopic (exact) mass is 450 g/mol. The first kappa shape index (κ1) is 18.7. The largest absolute Gasteiger partial charge is 0.322 e. The van der Waals surface area contributed by atoms with Crippen molar-refractivity contribution in [2.24, 2.45) is 0 Å². The lowest BCUT2D eigenvalue weighted by atomic mass is 10.0. The molecule has 0 aliphatic rings. The van der Waals surface area contributed by atoms with E-state index in [2.05, 4.69) is 21.2 Å². The van der Waals surface area contributed by atoms with Crippen LogP contribution in [0, 0.1) is 6.92 Å². The molecule has 138 valence electrons. The maximum atomic E-state index is 13.1. The van der Waals surface area contributed by atoms with E-state index in [4.69, 9.17) is 16.6 Å². The van der Waals surface area contributed by atoms with Crippen molar-refractivity contribution in [2.75, 3.05) is 5.32 Å². The summed E-state index contributed by atoms with van der Waals surface area (Å²) in [7, 11) is 0. The van der Waals surface area contributed by atoms with Crippen LogP contribution in [0.1, 0.15) is 15.9 Å². The molecule has 4 aromatic rings. The van der Waals surface area contributed by atoms with Gasteiger partial charge in [-0.1, -0.05) is 63.9 Å². The molecule has 1 aromatic heterocycles. The van der Waals surface area contributed by atoms with E-state index < -0.39 is 0 Å². The number of hydrogen-bond donors (Lipinski definition) is 1. The second-order valence-corrected chi connectivity index (χ2v) is 7.77. The first-order chi connectivity index (χ1) is 13.5. The third-order valence-electron chi connectivity index (χ3n) is 4.58. The van der Waals surface area contributed by atoms with E-state index in [1.165, 1.54) is 0 Å². The van der Waals surface area contributed by atoms with Crippen molar-refractivity contribution in [3.05, 3.63) is 93.4 Å². The Hall–Kier alpha value is -2.69. The van der Waals surface area contributed by atoms with Gasteiger partial charge in [-0.3, -0.25) is 4.79 Å². The van der Waals surface area contributed by atoms with Gasteiger partial charge in [-0.05, 0) is 48.9 Å². The highest BCUT2D eigenvalue weighted by molar-refractivity contribution is 9.10. The van der Waals surface area contributed by atoms with Gasteiger partial charge in [-0.2, -0.15) is 0 Å². The van der Waals surface area contributed by atoms with Gasteiger partial charge in [-0.15, -0.1) is 0 Å². The Morgan fingerprint density at radius 1 is 1.00 bits per heavy atom. The maximum Gasteiger partial charge on any atom is 0.256 e. The summed E-state index contributed by atoms with van der Waals surface area (Å²) in [5.41, 5.74) is 4.56. The minimum Gasteiger partial charge on any atom is -0.322 e. The zero-order valence-electron chi connectivity index (χ0n) is 15.0. The molecule has 0 saturated heterocycles. The van der Waals surface area contributed by atoms with Crippen LogP contribution in [-0.4, -0.2) is 10.9 Å². The molecule has 3 nitrogen and oxygen atoms in total. The number of fused-ring (bicyclic) bond motifs is 1. The molecule has 1 N–H and O–H groups in total. The Balaban J connectivity index is 1.87. The van der Waals surface area contributed by atoms with Crippen molar-refractivity contribution in [3.63, 3.8) is 0 Å². The number of rotatable bonds is 3.